The van der Waals surface area contributed by atoms with Gasteiger partial charge in [0.1, 0.15) is 11.8 Å². The van der Waals surface area contributed by atoms with Crippen LogP contribution in [-0.4, -0.2) is 30.9 Å². The molecule has 0 atom stereocenters. The van der Waals surface area contributed by atoms with Gasteiger partial charge in [-0.2, -0.15) is 5.26 Å². The summed E-state index contributed by atoms with van der Waals surface area (Å²) in [5.74, 6) is -0.951. The average Bonchev–Trinajstić information content (AvgIpc) is 2.70. The highest BCUT2D eigenvalue weighted by Crippen LogP contribution is 2.20. The number of hydrogen-bond donors (Lipinski definition) is 1. The van der Waals surface area contributed by atoms with Crippen LogP contribution in [0, 0.1) is 11.3 Å². The van der Waals surface area contributed by atoms with Crippen molar-refractivity contribution in [2.45, 2.75) is 13.3 Å². The standard InChI is InChI=1S/C20H17ClN2O5/c1-2-18(24)13-4-7-16(8-5-13)27-12-20(26)28-11-19(25)23-17-9-15(21)6-3-14(17)10-22/h3-9H,2,11-12H2,1H3,(H,23,25). The lowest BCUT2D eigenvalue weighted by atomic mass is 10.1. The highest BCUT2D eigenvalue weighted by Gasteiger charge is 2.11. The van der Waals surface area contributed by atoms with E-state index in [1.807, 2.05) is 6.07 Å². The van der Waals surface area contributed by atoms with Crippen LogP contribution in [0.25, 0.3) is 0 Å². The van der Waals surface area contributed by atoms with Gasteiger partial charge < -0.3 is 14.8 Å². The number of carbonyl (C=O) groups excluding carboxylic acids is 3. The lowest BCUT2D eigenvalue weighted by molar-refractivity contribution is -0.149. The van der Waals surface area contributed by atoms with Gasteiger partial charge in [0.05, 0.1) is 11.3 Å². The summed E-state index contributed by atoms with van der Waals surface area (Å²) in [5, 5.41) is 11.8. The van der Waals surface area contributed by atoms with E-state index in [9.17, 15) is 14.4 Å². The molecule has 0 bridgehead atoms. The van der Waals surface area contributed by atoms with Gasteiger partial charge in [0.2, 0.25) is 0 Å². The Labute approximate surface area is 166 Å². The molecular formula is C20H17ClN2O5. The normalized spacial score (nSPS) is 9.89. The second-order valence-corrected chi connectivity index (χ2v) is 6.04. The van der Waals surface area contributed by atoms with Crippen LogP contribution in [0.4, 0.5) is 5.69 Å². The fourth-order valence-corrected chi connectivity index (χ4v) is 2.35. The number of nitriles is 1. The van der Waals surface area contributed by atoms with E-state index < -0.39 is 25.1 Å². The Kier molecular flexibility index (Phi) is 7.55. The third-order valence-electron chi connectivity index (χ3n) is 3.59. The Bertz CT molecular complexity index is 919. The van der Waals surface area contributed by atoms with Crippen molar-refractivity contribution >= 4 is 34.9 Å². The third-order valence-corrected chi connectivity index (χ3v) is 3.83. The van der Waals surface area contributed by atoms with E-state index >= 15 is 0 Å². The van der Waals surface area contributed by atoms with Gasteiger partial charge in [-0.1, -0.05) is 18.5 Å². The topological polar surface area (TPSA) is 105 Å². The van der Waals surface area contributed by atoms with Gasteiger partial charge in [-0.25, -0.2) is 4.79 Å². The zero-order valence-corrected chi connectivity index (χ0v) is 15.8. The number of hydrogen-bond acceptors (Lipinski definition) is 6. The smallest absolute Gasteiger partial charge is 0.344 e. The van der Waals surface area contributed by atoms with Crippen LogP contribution in [0.5, 0.6) is 5.75 Å². The van der Waals surface area contributed by atoms with E-state index in [1.54, 1.807) is 31.2 Å². The van der Waals surface area contributed by atoms with E-state index in [0.29, 0.717) is 22.8 Å². The number of nitrogens with zero attached hydrogens (tertiary/aromatic N) is 1. The molecule has 2 aromatic rings. The highest BCUT2D eigenvalue weighted by atomic mass is 35.5. The minimum atomic E-state index is -0.740. The van der Waals surface area contributed by atoms with Crippen molar-refractivity contribution in [1.29, 1.82) is 5.26 Å². The molecule has 0 heterocycles. The van der Waals surface area contributed by atoms with E-state index in [-0.39, 0.29) is 17.0 Å². The largest absolute Gasteiger partial charge is 0.482 e. The van der Waals surface area contributed by atoms with Gasteiger partial charge in [0, 0.05) is 17.0 Å². The summed E-state index contributed by atoms with van der Waals surface area (Å²) in [5.41, 5.74) is 1.03. The van der Waals surface area contributed by atoms with Crippen LogP contribution in [0.15, 0.2) is 42.5 Å². The predicted molar refractivity (Wildman–Crippen MR) is 102 cm³/mol. The Morgan fingerprint density at radius 1 is 1.11 bits per heavy atom. The quantitative estimate of drug-likeness (QED) is 0.538. The summed E-state index contributed by atoms with van der Waals surface area (Å²) >= 11 is 5.84. The number of carbonyl (C=O) groups is 3. The van der Waals surface area contributed by atoms with E-state index in [4.69, 9.17) is 26.3 Å². The molecule has 0 fully saturated rings. The number of halogens is 1. The fourth-order valence-electron chi connectivity index (χ4n) is 2.17. The van der Waals surface area contributed by atoms with Crippen molar-refractivity contribution in [3.63, 3.8) is 0 Å². The molecule has 1 N–H and O–H groups in total. The summed E-state index contributed by atoms with van der Waals surface area (Å²) in [7, 11) is 0. The van der Waals surface area contributed by atoms with E-state index in [0.717, 1.165) is 0 Å². The van der Waals surface area contributed by atoms with Crippen LogP contribution in [-0.2, 0) is 14.3 Å². The molecule has 1 amide bonds. The average molecular weight is 401 g/mol. The monoisotopic (exact) mass is 400 g/mol. The molecule has 0 aliphatic rings. The molecule has 0 saturated heterocycles. The van der Waals surface area contributed by atoms with Gasteiger partial charge in [-0.3, -0.25) is 9.59 Å². The first-order chi connectivity index (χ1) is 13.4. The number of rotatable bonds is 8. The maximum atomic E-state index is 11.9. The van der Waals surface area contributed by atoms with E-state index in [1.165, 1.54) is 18.2 Å². The van der Waals surface area contributed by atoms with Crippen molar-refractivity contribution < 1.29 is 23.9 Å². The molecule has 0 radical (unpaired) electrons. The van der Waals surface area contributed by atoms with Gasteiger partial charge in [0.15, 0.2) is 19.0 Å². The number of anilines is 1. The summed E-state index contributed by atoms with van der Waals surface area (Å²) < 4.78 is 10.1. The molecule has 28 heavy (non-hydrogen) atoms. The number of ketones is 1. The first kappa shape index (κ1) is 20.9. The fraction of sp³-hybridized carbons (Fsp3) is 0.200. The van der Waals surface area contributed by atoms with Crippen LogP contribution in [0.1, 0.15) is 29.3 Å². The lowest BCUT2D eigenvalue weighted by Gasteiger charge is -2.09. The second kappa shape index (κ2) is 10.1. The van der Waals surface area contributed by atoms with Crippen LogP contribution in [0.3, 0.4) is 0 Å². The zero-order valence-electron chi connectivity index (χ0n) is 15.0. The molecule has 2 rings (SSSR count). The third kappa shape index (κ3) is 6.11. The maximum Gasteiger partial charge on any atom is 0.344 e. The molecule has 0 spiro atoms. The molecule has 0 aliphatic heterocycles. The lowest BCUT2D eigenvalue weighted by Crippen LogP contribution is -2.24. The van der Waals surface area contributed by atoms with Crippen molar-refractivity contribution in [3.05, 3.63) is 58.6 Å². The minimum absolute atomic E-state index is 0.0104. The molecule has 0 aromatic heterocycles. The number of Topliss-reactive ketones (excluding diaryl/α,β-unsaturated/α-hetero) is 1. The molecule has 0 unspecified atom stereocenters. The van der Waals surface area contributed by atoms with E-state index in [2.05, 4.69) is 5.32 Å². The zero-order chi connectivity index (χ0) is 20.5. The number of amides is 1. The summed E-state index contributed by atoms with van der Waals surface area (Å²) in [6, 6.07) is 12.7. The van der Waals surface area contributed by atoms with Gasteiger partial charge in [-0.15, -0.1) is 0 Å². The number of ether oxygens (including phenoxy) is 2. The maximum absolute atomic E-state index is 11.9. The molecule has 144 valence electrons. The van der Waals surface area contributed by atoms with Gasteiger partial charge in [0.25, 0.3) is 5.91 Å². The SMILES string of the molecule is CCC(=O)c1ccc(OCC(=O)OCC(=O)Nc2cc(Cl)ccc2C#N)cc1. The van der Waals surface area contributed by atoms with Crippen LogP contribution in [0.2, 0.25) is 5.02 Å². The highest BCUT2D eigenvalue weighted by molar-refractivity contribution is 6.31. The Balaban J connectivity index is 1.79. The van der Waals surface area contributed by atoms with Gasteiger partial charge in [-0.05, 0) is 42.5 Å². The number of esters is 1. The van der Waals surface area contributed by atoms with Crippen LogP contribution < -0.4 is 10.1 Å². The first-order valence-electron chi connectivity index (χ1n) is 8.34. The Morgan fingerprint density at radius 2 is 1.82 bits per heavy atom. The predicted octanol–water partition coefficient (Wildman–Crippen LogP) is 3.37. The summed E-state index contributed by atoms with van der Waals surface area (Å²) in [6.45, 7) is 0.838. The summed E-state index contributed by atoms with van der Waals surface area (Å²) in [4.78, 5) is 35.2. The first-order valence-corrected chi connectivity index (χ1v) is 8.72. The Hall–Kier alpha value is -3.37. The number of nitrogens with one attached hydrogen (secondary N) is 1. The molecule has 0 aliphatic carbocycles. The van der Waals surface area contributed by atoms with Gasteiger partial charge >= 0.3 is 5.97 Å². The molecule has 8 heteroatoms. The van der Waals surface area contributed by atoms with Crippen LogP contribution >= 0.6 is 11.6 Å². The molecule has 2 aromatic carbocycles. The molecule has 7 nitrogen and oxygen atoms in total. The van der Waals surface area contributed by atoms with Crippen molar-refractivity contribution in [1.82, 2.24) is 0 Å². The minimum Gasteiger partial charge on any atom is -0.482 e. The second-order valence-electron chi connectivity index (χ2n) is 5.60. The number of benzene rings is 2. The molecular weight excluding hydrogens is 384 g/mol. The molecule has 0 saturated carbocycles. The van der Waals surface area contributed by atoms with Crippen molar-refractivity contribution in [2.75, 3.05) is 18.5 Å². The Morgan fingerprint density at radius 3 is 2.46 bits per heavy atom. The van der Waals surface area contributed by atoms with Crippen molar-refractivity contribution in [2.24, 2.45) is 0 Å². The summed E-state index contributed by atoms with van der Waals surface area (Å²) in [6.07, 6.45) is 0.402. The van der Waals surface area contributed by atoms with Crippen molar-refractivity contribution in [3.8, 4) is 11.8 Å².